The summed E-state index contributed by atoms with van der Waals surface area (Å²) in [6.45, 7) is 6.54. The van der Waals surface area contributed by atoms with Crippen LogP contribution in [0.2, 0.25) is 0 Å². The number of hydrogen-bond acceptors (Lipinski definition) is 3. The van der Waals surface area contributed by atoms with E-state index in [1.165, 1.54) is 6.92 Å². The molecule has 13 heavy (non-hydrogen) atoms. The molecule has 0 aliphatic carbocycles. The van der Waals surface area contributed by atoms with Gasteiger partial charge in [0.1, 0.15) is 0 Å². The molecule has 0 radical (unpaired) electrons. The second kappa shape index (κ2) is 5.56. The second-order valence-corrected chi connectivity index (χ2v) is 3.04. The Labute approximate surface area is 78.9 Å². The van der Waals surface area contributed by atoms with Gasteiger partial charge in [0.05, 0.1) is 12.5 Å². The number of likely N-dealkylation sites (tertiary alicyclic amines) is 1. The highest BCUT2D eigenvalue weighted by Crippen LogP contribution is 2.12. The molecule has 0 N–H and O–H groups in total. The summed E-state index contributed by atoms with van der Waals surface area (Å²) in [5, 5.41) is 0. The van der Waals surface area contributed by atoms with Crippen LogP contribution in [0.3, 0.4) is 0 Å². The fourth-order valence-corrected chi connectivity index (χ4v) is 1.05. The van der Waals surface area contributed by atoms with Gasteiger partial charge in [0.2, 0.25) is 5.91 Å². The number of esters is 1. The van der Waals surface area contributed by atoms with Crippen LogP contribution in [0.5, 0.6) is 0 Å². The molecule has 4 heteroatoms. The smallest absolute Gasteiger partial charge is 0.302 e. The maximum Gasteiger partial charge on any atom is 0.302 e. The van der Waals surface area contributed by atoms with Gasteiger partial charge in [-0.25, -0.2) is 0 Å². The number of nitrogens with zero attached hydrogens (tertiary/aromatic N) is 1. The molecule has 4 nitrogen and oxygen atoms in total. The van der Waals surface area contributed by atoms with E-state index in [9.17, 15) is 9.59 Å². The lowest BCUT2D eigenvalue weighted by molar-refractivity contribution is -0.144. The zero-order chi connectivity index (χ0) is 10.4. The van der Waals surface area contributed by atoms with Gasteiger partial charge in [-0.05, 0) is 6.92 Å². The van der Waals surface area contributed by atoms with Crippen molar-refractivity contribution in [2.45, 2.75) is 20.8 Å². The Morgan fingerprint density at radius 3 is 2.23 bits per heavy atom. The summed E-state index contributed by atoms with van der Waals surface area (Å²) >= 11 is 0. The van der Waals surface area contributed by atoms with Crippen LogP contribution in [0.15, 0.2) is 0 Å². The Morgan fingerprint density at radius 2 is 2.23 bits per heavy atom. The topological polar surface area (TPSA) is 46.6 Å². The first-order chi connectivity index (χ1) is 5.99. The molecule has 1 unspecified atom stereocenters. The van der Waals surface area contributed by atoms with Crippen LogP contribution in [0.1, 0.15) is 20.8 Å². The summed E-state index contributed by atoms with van der Waals surface area (Å²) in [7, 11) is 1.82. The van der Waals surface area contributed by atoms with E-state index < -0.39 is 0 Å². The maximum absolute atomic E-state index is 10.5. The molecule has 1 atom stereocenters. The number of rotatable bonds is 1. The monoisotopic (exact) mass is 187 g/mol. The molecule has 1 amide bonds. The van der Waals surface area contributed by atoms with Crippen LogP contribution >= 0.6 is 0 Å². The quantitative estimate of drug-likeness (QED) is 0.447. The Hall–Kier alpha value is -1.06. The second-order valence-electron chi connectivity index (χ2n) is 3.04. The molecule has 76 valence electrons. The lowest BCUT2D eigenvalue weighted by Crippen LogP contribution is -2.48. The van der Waals surface area contributed by atoms with Gasteiger partial charge in [0, 0.05) is 20.5 Å². The van der Waals surface area contributed by atoms with Crippen LogP contribution in [-0.4, -0.2) is 37.0 Å². The summed E-state index contributed by atoms with van der Waals surface area (Å²) < 4.78 is 4.40. The van der Waals surface area contributed by atoms with Crippen molar-refractivity contribution in [3.63, 3.8) is 0 Å². The lowest BCUT2D eigenvalue weighted by Gasteiger charge is -2.32. The van der Waals surface area contributed by atoms with Gasteiger partial charge in [-0.15, -0.1) is 0 Å². The van der Waals surface area contributed by atoms with E-state index in [0.29, 0.717) is 12.5 Å². The lowest BCUT2D eigenvalue weighted by atomic mass is 10.0. The number of carbonyl (C=O) groups excluding carboxylic acids is 2. The normalized spacial score (nSPS) is 19.8. The Balaban J connectivity index is 0.000000226. The molecule has 1 saturated heterocycles. The molecule has 0 aromatic carbocycles. The molecule has 0 saturated carbocycles. The molecule has 1 heterocycles. The molecule has 1 fully saturated rings. The summed E-state index contributed by atoms with van der Waals surface area (Å²) in [5.74, 6) is 0.363. The van der Waals surface area contributed by atoms with Gasteiger partial charge in [-0.2, -0.15) is 0 Å². The average Bonchev–Trinajstić information content (AvgIpc) is 2.05. The largest absolute Gasteiger partial charge is 0.466 e. The number of hydrogen-bond donors (Lipinski definition) is 0. The van der Waals surface area contributed by atoms with E-state index >= 15 is 0 Å². The molecule has 1 aliphatic rings. The van der Waals surface area contributed by atoms with Crippen molar-refractivity contribution in [2.75, 3.05) is 20.2 Å². The van der Waals surface area contributed by atoms with Crippen molar-refractivity contribution in [3.05, 3.63) is 0 Å². The fraction of sp³-hybridized carbons (Fsp3) is 0.778. The summed E-state index contributed by atoms with van der Waals surface area (Å²) in [6, 6.07) is 0. The van der Waals surface area contributed by atoms with E-state index in [4.69, 9.17) is 0 Å². The Kier molecular flexibility index (Phi) is 5.11. The van der Waals surface area contributed by atoms with E-state index in [-0.39, 0.29) is 11.9 Å². The van der Waals surface area contributed by atoms with Gasteiger partial charge >= 0.3 is 5.97 Å². The highest BCUT2D eigenvalue weighted by Gasteiger charge is 2.28. The van der Waals surface area contributed by atoms with E-state index in [1.807, 2.05) is 14.0 Å². The van der Waals surface area contributed by atoms with Gasteiger partial charge in [0.25, 0.3) is 0 Å². The first kappa shape index (κ1) is 11.9. The average molecular weight is 187 g/mol. The van der Waals surface area contributed by atoms with Crippen molar-refractivity contribution >= 4 is 11.9 Å². The summed E-state index contributed by atoms with van der Waals surface area (Å²) in [6.07, 6.45) is 0. The minimum atomic E-state index is -0.211. The molecule has 1 aliphatic heterocycles. The van der Waals surface area contributed by atoms with Crippen LogP contribution in [0.4, 0.5) is 0 Å². The van der Waals surface area contributed by atoms with Crippen LogP contribution in [-0.2, 0) is 14.3 Å². The van der Waals surface area contributed by atoms with Crippen molar-refractivity contribution < 1.29 is 14.3 Å². The SMILES string of the molecule is CC1CN(C)C1=O.CCOC(C)=O. The van der Waals surface area contributed by atoms with E-state index in [2.05, 4.69) is 4.74 Å². The predicted molar refractivity (Wildman–Crippen MR) is 49.1 cm³/mol. The van der Waals surface area contributed by atoms with Gasteiger partial charge in [-0.3, -0.25) is 9.59 Å². The highest BCUT2D eigenvalue weighted by molar-refractivity contribution is 5.83. The minimum absolute atomic E-state index is 0.211. The van der Waals surface area contributed by atoms with Crippen molar-refractivity contribution in [3.8, 4) is 0 Å². The number of β-lactam (4-membered cyclic amide) rings is 1. The zero-order valence-corrected chi connectivity index (χ0v) is 8.66. The predicted octanol–water partition coefficient (Wildman–Crippen LogP) is 0.664. The molecular weight excluding hydrogens is 170 g/mol. The van der Waals surface area contributed by atoms with Crippen LogP contribution in [0, 0.1) is 5.92 Å². The third kappa shape index (κ3) is 4.50. The number of amides is 1. The molecular formula is C9H17NO3. The molecule has 0 spiro atoms. The third-order valence-electron chi connectivity index (χ3n) is 1.69. The van der Waals surface area contributed by atoms with Crippen molar-refractivity contribution in [2.24, 2.45) is 5.92 Å². The minimum Gasteiger partial charge on any atom is -0.466 e. The van der Waals surface area contributed by atoms with E-state index in [0.717, 1.165) is 6.54 Å². The first-order valence-corrected chi connectivity index (χ1v) is 4.37. The maximum atomic E-state index is 10.5. The Morgan fingerprint density at radius 1 is 1.69 bits per heavy atom. The van der Waals surface area contributed by atoms with Crippen LogP contribution < -0.4 is 0 Å². The highest BCUT2D eigenvalue weighted by atomic mass is 16.5. The third-order valence-corrected chi connectivity index (χ3v) is 1.69. The van der Waals surface area contributed by atoms with E-state index in [1.54, 1.807) is 11.8 Å². The number of carbonyl (C=O) groups is 2. The van der Waals surface area contributed by atoms with Crippen LogP contribution in [0.25, 0.3) is 0 Å². The molecule has 0 bridgehead atoms. The number of ether oxygens (including phenoxy) is 1. The first-order valence-electron chi connectivity index (χ1n) is 4.37. The Bertz CT molecular complexity index is 181. The van der Waals surface area contributed by atoms with Crippen molar-refractivity contribution in [1.82, 2.24) is 4.90 Å². The van der Waals surface area contributed by atoms with Gasteiger partial charge in [0.15, 0.2) is 0 Å². The summed E-state index contributed by atoms with van der Waals surface area (Å²) in [5.41, 5.74) is 0. The van der Waals surface area contributed by atoms with Gasteiger partial charge in [-0.1, -0.05) is 6.92 Å². The summed E-state index contributed by atoms with van der Waals surface area (Å²) in [4.78, 5) is 22.0. The molecule has 0 aromatic heterocycles. The molecule has 0 aromatic rings. The molecule has 1 rings (SSSR count). The fourth-order valence-electron chi connectivity index (χ4n) is 1.05. The van der Waals surface area contributed by atoms with Gasteiger partial charge < -0.3 is 9.64 Å². The zero-order valence-electron chi connectivity index (χ0n) is 8.66. The standard InChI is InChI=1S/C5H9NO.C4H8O2/c1-4-3-6(2)5(4)7;1-3-6-4(2)5/h4H,3H2,1-2H3;3H2,1-2H3. The van der Waals surface area contributed by atoms with Crippen molar-refractivity contribution in [1.29, 1.82) is 0 Å².